The molecule has 8 nitrogen and oxygen atoms in total. The van der Waals surface area contributed by atoms with Crippen LogP contribution in [0.25, 0.3) is 0 Å². The Bertz CT molecular complexity index is 1260. The average Bonchev–Trinajstić information content (AvgIpc) is 3.43. The number of hydrogen-bond acceptors (Lipinski definition) is 7. The summed E-state index contributed by atoms with van der Waals surface area (Å²) >= 11 is 0. The smallest absolute Gasteiger partial charge is 0.337 e. The molecule has 0 aliphatic heterocycles. The summed E-state index contributed by atoms with van der Waals surface area (Å²) < 4.78 is 22.0. The standard InChI is InChI=1S/C41H63NO7/c1-29(2)7-6-8-30(3)36-15-16-37-35-14-9-32-27-31(17-20-40(32,4)38(35)18-21-41(36,37)5)19-22-46-23-24-47-25-26-48-28-39(43)49-34-12-10-33(11-13-34)42(44)45/h9-13,29-31,35-38H,6-8,14-28H2,1-5H3/t30-,31-,35+,36-,37+,38+,40+,41-/m1/s1. The van der Waals surface area contributed by atoms with Gasteiger partial charge in [-0.1, -0.05) is 65.5 Å². The molecule has 0 bridgehead atoms. The predicted octanol–water partition coefficient (Wildman–Crippen LogP) is 9.60. The van der Waals surface area contributed by atoms with E-state index in [1.165, 1.54) is 94.9 Å². The zero-order valence-corrected chi connectivity index (χ0v) is 31.0. The maximum absolute atomic E-state index is 11.9. The number of hydrogen-bond donors (Lipinski definition) is 0. The third-order valence-corrected chi connectivity index (χ3v) is 13.3. The number of rotatable bonds is 18. The Morgan fingerprint density at radius 3 is 2.33 bits per heavy atom. The summed E-state index contributed by atoms with van der Waals surface area (Å²) in [5.74, 6) is 5.70. The van der Waals surface area contributed by atoms with E-state index in [1.54, 1.807) is 5.57 Å². The van der Waals surface area contributed by atoms with E-state index in [9.17, 15) is 14.9 Å². The van der Waals surface area contributed by atoms with Crippen molar-refractivity contribution in [2.45, 2.75) is 112 Å². The molecule has 4 aliphatic carbocycles. The molecule has 0 amide bonds. The van der Waals surface area contributed by atoms with Crippen LogP contribution in [0.1, 0.15) is 112 Å². The first-order valence-electron chi connectivity index (χ1n) is 19.4. The van der Waals surface area contributed by atoms with Crippen LogP contribution < -0.4 is 4.74 Å². The van der Waals surface area contributed by atoms with Gasteiger partial charge in [0.25, 0.3) is 5.69 Å². The molecule has 0 heterocycles. The monoisotopic (exact) mass is 681 g/mol. The molecule has 49 heavy (non-hydrogen) atoms. The summed E-state index contributed by atoms with van der Waals surface area (Å²) in [6.07, 6.45) is 19.1. The third kappa shape index (κ3) is 9.34. The molecule has 0 saturated heterocycles. The molecule has 0 unspecified atom stereocenters. The number of esters is 1. The van der Waals surface area contributed by atoms with Crippen molar-refractivity contribution in [3.63, 3.8) is 0 Å². The summed E-state index contributed by atoms with van der Waals surface area (Å²) in [4.78, 5) is 22.1. The molecule has 1 aromatic carbocycles. The van der Waals surface area contributed by atoms with E-state index >= 15 is 0 Å². The molecule has 8 atom stereocenters. The van der Waals surface area contributed by atoms with E-state index < -0.39 is 10.9 Å². The maximum atomic E-state index is 11.9. The van der Waals surface area contributed by atoms with E-state index in [0.717, 1.165) is 48.5 Å². The lowest BCUT2D eigenvalue weighted by atomic mass is 9.46. The van der Waals surface area contributed by atoms with Crippen LogP contribution >= 0.6 is 0 Å². The van der Waals surface area contributed by atoms with E-state index in [1.807, 2.05) is 0 Å². The molecule has 4 aliphatic rings. The lowest BCUT2D eigenvalue weighted by Crippen LogP contribution is -2.50. The fraction of sp³-hybridized carbons (Fsp3) is 0.780. The topological polar surface area (TPSA) is 97.1 Å². The van der Waals surface area contributed by atoms with Crippen LogP contribution in [-0.2, 0) is 19.0 Å². The first kappa shape index (κ1) is 38.0. The molecule has 8 heteroatoms. The average molecular weight is 682 g/mol. The molecule has 5 rings (SSSR count). The van der Waals surface area contributed by atoms with Gasteiger partial charge >= 0.3 is 5.97 Å². The Balaban J connectivity index is 0.950. The zero-order valence-electron chi connectivity index (χ0n) is 31.0. The third-order valence-electron chi connectivity index (χ3n) is 13.3. The summed E-state index contributed by atoms with van der Waals surface area (Å²) in [5.41, 5.74) is 2.66. The zero-order chi connectivity index (χ0) is 35.0. The molecule has 274 valence electrons. The highest BCUT2D eigenvalue weighted by molar-refractivity contribution is 5.73. The lowest BCUT2D eigenvalue weighted by Gasteiger charge is -2.58. The van der Waals surface area contributed by atoms with Gasteiger partial charge in [0.1, 0.15) is 12.4 Å². The number of nitrogens with zero attached hydrogens (tertiary/aromatic N) is 1. The van der Waals surface area contributed by atoms with Crippen molar-refractivity contribution in [1.82, 2.24) is 0 Å². The quantitative estimate of drug-likeness (QED) is 0.0380. The van der Waals surface area contributed by atoms with Crippen LogP contribution in [0.15, 0.2) is 35.9 Å². The SMILES string of the molecule is CC(C)CCC[C@@H](C)[C@H]1CC[C@H]2[C@@H]3CC=C4C[C@@H](CCOCCOCCOCC(=O)Oc5ccc([N+](=O)[O-])cc5)CC[C@]4(C)[C@H]3CC[C@]12C. The number of allylic oxidation sites excluding steroid dienone is 2. The lowest BCUT2D eigenvalue weighted by molar-refractivity contribution is -0.384. The van der Waals surface area contributed by atoms with E-state index in [-0.39, 0.29) is 24.7 Å². The number of benzene rings is 1. The highest BCUT2D eigenvalue weighted by Crippen LogP contribution is 2.67. The van der Waals surface area contributed by atoms with Crippen molar-refractivity contribution in [2.75, 3.05) is 39.6 Å². The van der Waals surface area contributed by atoms with Gasteiger partial charge in [-0.25, -0.2) is 4.79 Å². The molecule has 0 spiro atoms. The Kier molecular flexibility index (Phi) is 13.4. The van der Waals surface area contributed by atoms with Gasteiger partial charge in [0, 0.05) is 18.7 Å². The minimum Gasteiger partial charge on any atom is -0.425 e. The summed E-state index contributed by atoms with van der Waals surface area (Å²) in [7, 11) is 0. The second kappa shape index (κ2) is 17.3. The Hall–Kier alpha value is -2.29. The molecular weight excluding hydrogens is 618 g/mol. The summed E-state index contributed by atoms with van der Waals surface area (Å²) in [6.45, 7) is 14.9. The number of nitro benzene ring substituents is 1. The minimum atomic E-state index is -0.564. The van der Waals surface area contributed by atoms with E-state index in [4.69, 9.17) is 18.9 Å². The van der Waals surface area contributed by atoms with Crippen molar-refractivity contribution in [2.24, 2.45) is 52.3 Å². The first-order valence-corrected chi connectivity index (χ1v) is 19.4. The van der Waals surface area contributed by atoms with Crippen LogP contribution in [0.4, 0.5) is 5.69 Å². The van der Waals surface area contributed by atoms with Crippen molar-refractivity contribution < 1.29 is 28.7 Å². The van der Waals surface area contributed by atoms with Gasteiger partial charge in [-0.05, 0) is 122 Å². The first-order chi connectivity index (χ1) is 23.5. The number of non-ortho nitro benzene ring substituents is 1. The largest absolute Gasteiger partial charge is 0.425 e. The molecule has 0 N–H and O–H groups in total. The molecule has 0 radical (unpaired) electrons. The molecular formula is C41H63NO7. The van der Waals surface area contributed by atoms with Crippen LogP contribution in [-0.4, -0.2) is 50.5 Å². The molecule has 0 aromatic heterocycles. The summed E-state index contributed by atoms with van der Waals surface area (Å²) in [6, 6.07) is 5.35. The normalized spacial score (nSPS) is 31.4. The Morgan fingerprint density at radius 2 is 1.61 bits per heavy atom. The van der Waals surface area contributed by atoms with Gasteiger partial charge in [0.15, 0.2) is 0 Å². The molecule has 3 fully saturated rings. The van der Waals surface area contributed by atoms with Gasteiger partial charge in [-0.2, -0.15) is 0 Å². The summed E-state index contributed by atoms with van der Waals surface area (Å²) in [5, 5.41) is 10.7. The van der Waals surface area contributed by atoms with Crippen molar-refractivity contribution >= 4 is 11.7 Å². The highest BCUT2D eigenvalue weighted by Gasteiger charge is 2.59. The predicted molar refractivity (Wildman–Crippen MR) is 192 cm³/mol. The number of carbonyl (C=O) groups excluding carboxylic acids is 1. The van der Waals surface area contributed by atoms with Gasteiger partial charge in [0.2, 0.25) is 0 Å². The minimum absolute atomic E-state index is 0.0604. The van der Waals surface area contributed by atoms with Gasteiger partial charge in [0.05, 0.1) is 31.4 Å². The number of nitro groups is 1. The molecule has 1 aromatic rings. The Labute approximate surface area is 295 Å². The van der Waals surface area contributed by atoms with Crippen LogP contribution in [0, 0.1) is 62.4 Å². The van der Waals surface area contributed by atoms with Crippen LogP contribution in [0.5, 0.6) is 5.75 Å². The number of carbonyl (C=O) groups is 1. The van der Waals surface area contributed by atoms with Gasteiger partial charge in [-0.15, -0.1) is 0 Å². The van der Waals surface area contributed by atoms with Crippen molar-refractivity contribution in [3.05, 3.63) is 46.0 Å². The number of ether oxygens (including phenoxy) is 4. The van der Waals surface area contributed by atoms with Crippen LogP contribution in [0.2, 0.25) is 0 Å². The maximum Gasteiger partial charge on any atom is 0.337 e. The Morgan fingerprint density at radius 1 is 0.898 bits per heavy atom. The molecule has 3 saturated carbocycles. The van der Waals surface area contributed by atoms with Crippen LogP contribution in [0.3, 0.4) is 0 Å². The number of fused-ring (bicyclic) bond motifs is 5. The van der Waals surface area contributed by atoms with Crippen molar-refractivity contribution in [1.29, 1.82) is 0 Å². The van der Waals surface area contributed by atoms with E-state index in [2.05, 4.69) is 40.7 Å². The fourth-order valence-electron chi connectivity index (χ4n) is 10.6. The highest BCUT2D eigenvalue weighted by atomic mass is 16.6. The van der Waals surface area contributed by atoms with Gasteiger partial charge < -0.3 is 18.9 Å². The van der Waals surface area contributed by atoms with E-state index in [0.29, 0.717) is 36.6 Å². The van der Waals surface area contributed by atoms with Crippen molar-refractivity contribution in [3.8, 4) is 5.75 Å². The fourth-order valence-corrected chi connectivity index (χ4v) is 10.6. The second-order valence-electron chi connectivity index (χ2n) is 16.7. The van der Waals surface area contributed by atoms with Gasteiger partial charge in [-0.3, -0.25) is 10.1 Å². The second-order valence-corrected chi connectivity index (χ2v) is 16.7.